The van der Waals surface area contributed by atoms with Gasteiger partial charge in [-0.2, -0.15) is 0 Å². The molecule has 2 aliphatic rings. The predicted octanol–water partition coefficient (Wildman–Crippen LogP) is 5.76. The van der Waals surface area contributed by atoms with Gasteiger partial charge < -0.3 is 20.5 Å². The SMILES string of the molecule is O=C(Nc1cnc(N2CCC3(CC2)CC3(F)F)c(Cl)c1)Nc1c[nH]c2cc(F)c(F)cc12. The minimum absolute atomic E-state index is 0.0506. The zero-order chi connectivity index (χ0) is 22.7. The van der Waals surface area contributed by atoms with Gasteiger partial charge in [0, 0.05) is 42.6 Å². The maximum atomic E-state index is 13.6. The number of anilines is 3. The van der Waals surface area contributed by atoms with Crippen molar-refractivity contribution in [2.24, 2.45) is 5.41 Å². The number of hydrogen-bond donors (Lipinski definition) is 3. The first kappa shape index (κ1) is 20.9. The summed E-state index contributed by atoms with van der Waals surface area (Å²) in [6, 6.07) is 2.88. The molecular formula is C21H18ClF4N5O. The Morgan fingerprint density at radius 3 is 2.47 bits per heavy atom. The van der Waals surface area contributed by atoms with Crippen molar-refractivity contribution in [2.75, 3.05) is 28.6 Å². The standard InChI is InChI=1S/C21H18ClF4N5O/c22-13-5-11(8-28-18(13)31-3-1-20(2-4-31)10-21(20,25)26)29-19(32)30-17-9-27-16-7-15(24)14(23)6-12(16)17/h5-9,27H,1-4,10H2,(H2,29,30,32). The highest BCUT2D eigenvalue weighted by Gasteiger charge is 2.70. The normalized spacial score (nSPS) is 18.7. The third-order valence-electron chi connectivity index (χ3n) is 6.28. The van der Waals surface area contributed by atoms with E-state index in [1.165, 1.54) is 18.5 Å². The number of aromatic nitrogens is 2. The zero-order valence-corrected chi connectivity index (χ0v) is 17.4. The number of benzene rings is 1. The van der Waals surface area contributed by atoms with Crippen LogP contribution in [0.1, 0.15) is 19.3 Å². The molecule has 168 valence electrons. The predicted molar refractivity (Wildman–Crippen MR) is 114 cm³/mol. The van der Waals surface area contributed by atoms with Crippen molar-refractivity contribution in [3.63, 3.8) is 0 Å². The molecule has 0 unspecified atom stereocenters. The monoisotopic (exact) mass is 467 g/mol. The van der Waals surface area contributed by atoms with Gasteiger partial charge >= 0.3 is 6.03 Å². The lowest BCUT2D eigenvalue weighted by molar-refractivity contribution is 0.0536. The average Bonchev–Trinajstić information content (AvgIpc) is 3.05. The van der Waals surface area contributed by atoms with Crippen LogP contribution in [0.4, 0.5) is 39.5 Å². The summed E-state index contributed by atoms with van der Waals surface area (Å²) in [5, 5.41) is 5.74. The van der Waals surface area contributed by atoms with Crippen LogP contribution in [0.2, 0.25) is 5.02 Å². The first-order valence-corrected chi connectivity index (χ1v) is 10.4. The second kappa shape index (κ2) is 7.26. The van der Waals surface area contributed by atoms with Crippen molar-refractivity contribution in [2.45, 2.75) is 25.2 Å². The zero-order valence-electron chi connectivity index (χ0n) is 16.6. The highest BCUT2D eigenvalue weighted by molar-refractivity contribution is 6.33. The molecule has 3 heterocycles. The van der Waals surface area contributed by atoms with Gasteiger partial charge in [-0.25, -0.2) is 27.3 Å². The van der Waals surface area contributed by atoms with E-state index in [9.17, 15) is 22.4 Å². The Kier molecular flexibility index (Phi) is 4.74. The minimum Gasteiger partial charge on any atom is -0.359 e. The largest absolute Gasteiger partial charge is 0.359 e. The molecule has 6 nitrogen and oxygen atoms in total. The quantitative estimate of drug-likeness (QED) is 0.428. The second-order valence-electron chi connectivity index (χ2n) is 8.27. The first-order valence-electron chi connectivity index (χ1n) is 10.00. The van der Waals surface area contributed by atoms with Gasteiger partial charge in [0.05, 0.1) is 28.1 Å². The molecule has 1 aromatic carbocycles. The van der Waals surface area contributed by atoms with Gasteiger partial charge in [0.2, 0.25) is 0 Å². The van der Waals surface area contributed by atoms with Gasteiger partial charge in [0.15, 0.2) is 11.6 Å². The Labute approximate surface area is 184 Å². The van der Waals surface area contributed by atoms with Gasteiger partial charge in [-0.05, 0) is 25.0 Å². The Morgan fingerprint density at radius 2 is 1.81 bits per heavy atom. The molecular weight excluding hydrogens is 450 g/mol. The number of urea groups is 1. The third kappa shape index (κ3) is 3.52. The van der Waals surface area contributed by atoms with E-state index in [0.29, 0.717) is 48.3 Å². The van der Waals surface area contributed by atoms with Crippen LogP contribution in [0.25, 0.3) is 10.9 Å². The van der Waals surface area contributed by atoms with Gasteiger partial charge in [0.1, 0.15) is 5.82 Å². The van der Waals surface area contributed by atoms with Gasteiger partial charge in [-0.1, -0.05) is 11.6 Å². The molecule has 11 heteroatoms. The molecule has 0 bridgehead atoms. The summed E-state index contributed by atoms with van der Waals surface area (Å²) in [5.74, 6) is -4.11. The molecule has 2 amide bonds. The number of pyridine rings is 1. The van der Waals surface area contributed by atoms with E-state index in [2.05, 4.69) is 20.6 Å². The summed E-state index contributed by atoms with van der Waals surface area (Å²) in [6.07, 6.45) is 3.56. The summed E-state index contributed by atoms with van der Waals surface area (Å²) in [5.41, 5.74) is 0.0503. The highest BCUT2D eigenvalue weighted by atomic mass is 35.5. The number of carbonyl (C=O) groups excluding carboxylic acids is 1. The maximum absolute atomic E-state index is 13.6. The Hall–Kier alpha value is -3.01. The molecule has 2 fully saturated rings. The van der Waals surface area contributed by atoms with Crippen LogP contribution >= 0.6 is 11.6 Å². The average molecular weight is 468 g/mol. The maximum Gasteiger partial charge on any atom is 0.323 e. The van der Waals surface area contributed by atoms with Crippen molar-refractivity contribution in [3.8, 4) is 0 Å². The Bertz CT molecular complexity index is 1220. The van der Waals surface area contributed by atoms with E-state index >= 15 is 0 Å². The van der Waals surface area contributed by atoms with E-state index in [-0.39, 0.29) is 17.1 Å². The number of rotatable bonds is 3. The van der Waals surface area contributed by atoms with Crippen LogP contribution in [-0.2, 0) is 0 Å². The fraction of sp³-hybridized carbons (Fsp3) is 0.333. The highest BCUT2D eigenvalue weighted by Crippen LogP contribution is 2.66. The fourth-order valence-electron chi connectivity index (χ4n) is 4.31. The molecule has 3 aromatic rings. The molecule has 32 heavy (non-hydrogen) atoms. The van der Waals surface area contributed by atoms with E-state index in [1.807, 2.05) is 4.90 Å². The number of carbonyl (C=O) groups is 1. The third-order valence-corrected chi connectivity index (χ3v) is 6.56. The van der Waals surface area contributed by atoms with Crippen molar-refractivity contribution in [1.82, 2.24) is 9.97 Å². The smallest absolute Gasteiger partial charge is 0.323 e. The summed E-state index contributed by atoms with van der Waals surface area (Å²) < 4.78 is 54.0. The number of aromatic amines is 1. The first-order chi connectivity index (χ1) is 15.2. The summed E-state index contributed by atoms with van der Waals surface area (Å²) in [7, 11) is 0. The van der Waals surface area contributed by atoms with Crippen LogP contribution in [0.5, 0.6) is 0 Å². The number of nitrogens with one attached hydrogen (secondary N) is 3. The molecule has 2 aromatic heterocycles. The summed E-state index contributed by atoms with van der Waals surface area (Å²) >= 11 is 6.34. The van der Waals surface area contributed by atoms with Gasteiger partial charge in [-0.3, -0.25) is 0 Å². The number of H-pyrrole nitrogens is 1. The van der Waals surface area contributed by atoms with Crippen LogP contribution < -0.4 is 15.5 Å². The number of nitrogens with zero attached hydrogens (tertiary/aromatic N) is 2. The lowest BCUT2D eigenvalue weighted by Gasteiger charge is -2.33. The molecule has 5 rings (SSSR count). The number of amides is 2. The Morgan fingerprint density at radius 1 is 1.12 bits per heavy atom. The molecule has 1 spiro atoms. The van der Waals surface area contributed by atoms with Crippen LogP contribution in [0, 0.1) is 17.0 Å². The lowest BCUT2D eigenvalue weighted by atomic mass is 9.93. The van der Waals surface area contributed by atoms with E-state index < -0.39 is 29.0 Å². The van der Waals surface area contributed by atoms with Crippen molar-refractivity contribution >= 4 is 45.7 Å². The number of piperidine rings is 1. The van der Waals surface area contributed by atoms with Crippen LogP contribution in [0.15, 0.2) is 30.6 Å². The van der Waals surface area contributed by atoms with Crippen molar-refractivity contribution in [1.29, 1.82) is 0 Å². The number of alkyl halides is 2. The van der Waals surface area contributed by atoms with E-state index in [4.69, 9.17) is 11.6 Å². The molecule has 1 saturated carbocycles. The second-order valence-corrected chi connectivity index (χ2v) is 8.68. The molecule has 1 aliphatic heterocycles. The molecule has 1 saturated heterocycles. The number of halogens is 5. The van der Waals surface area contributed by atoms with Crippen LogP contribution in [-0.4, -0.2) is 35.0 Å². The minimum atomic E-state index is -2.57. The molecule has 3 N–H and O–H groups in total. The van der Waals surface area contributed by atoms with Crippen molar-refractivity contribution < 1.29 is 22.4 Å². The number of hydrogen-bond acceptors (Lipinski definition) is 3. The fourth-order valence-corrected chi connectivity index (χ4v) is 4.59. The molecule has 1 aliphatic carbocycles. The van der Waals surface area contributed by atoms with Crippen molar-refractivity contribution in [3.05, 3.63) is 47.2 Å². The van der Waals surface area contributed by atoms with Gasteiger partial charge in [0.25, 0.3) is 5.92 Å². The molecule has 0 atom stereocenters. The van der Waals surface area contributed by atoms with E-state index in [0.717, 1.165) is 12.1 Å². The Balaban J connectivity index is 1.24. The van der Waals surface area contributed by atoms with Gasteiger partial charge in [-0.15, -0.1) is 0 Å². The lowest BCUT2D eigenvalue weighted by Crippen LogP contribution is -2.37. The number of fused-ring (bicyclic) bond motifs is 1. The molecule has 0 radical (unpaired) electrons. The summed E-state index contributed by atoms with van der Waals surface area (Å²) in [6.45, 7) is 0.876. The van der Waals surface area contributed by atoms with Crippen LogP contribution in [0.3, 0.4) is 0 Å². The van der Waals surface area contributed by atoms with E-state index in [1.54, 1.807) is 0 Å². The summed E-state index contributed by atoms with van der Waals surface area (Å²) in [4.78, 5) is 21.3. The topological polar surface area (TPSA) is 73.1 Å².